The summed E-state index contributed by atoms with van der Waals surface area (Å²) >= 11 is 0. The molecule has 1 aromatic heterocycles. The lowest BCUT2D eigenvalue weighted by Gasteiger charge is -2.29. The van der Waals surface area contributed by atoms with Crippen molar-refractivity contribution in [1.82, 2.24) is 4.90 Å². The highest BCUT2D eigenvalue weighted by Gasteiger charge is 2.21. The van der Waals surface area contributed by atoms with E-state index in [2.05, 4.69) is 4.90 Å². The Labute approximate surface area is 174 Å². The largest absolute Gasteiger partial charge is 0.504 e. The molecule has 0 spiro atoms. The van der Waals surface area contributed by atoms with Crippen molar-refractivity contribution in [2.24, 2.45) is 5.73 Å². The summed E-state index contributed by atoms with van der Waals surface area (Å²) in [5.41, 5.74) is 6.63. The molecule has 0 radical (unpaired) electrons. The first-order valence-corrected chi connectivity index (χ1v) is 10.1. The fourth-order valence-corrected chi connectivity index (χ4v) is 3.77. The van der Waals surface area contributed by atoms with Crippen molar-refractivity contribution in [3.63, 3.8) is 0 Å². The fraction of sp³-hybridized carbons (Fsp3) is 0.348. The monoisotopic (exact) mass is 410 g/mol. The Bertz CT molecular complexity index is 1070. The number of phenols is 1. The van der Waals surface area contributed by atoms with Gasteiger partial charge in [-0.15, -0.1) is 0 Å². The number of nitrogens with zero attached hydrogens (tertiary/aromatic N) is 1. The number of methoxy groups -OCH3 is 1. The van der Waals surface area contributed by atoms with Crippen molar-refractivity contribution in [2.75, 3.05) is 33.4 Å². The maximum Gasteiger partial charge on any atom is 0.204 e. The molecule has 7 nitrogen and oxygen atoms in total. The minimum Gasteiger partial charge on any atom is -0.504 e. The van der Waals surface area contributed by atoms with Crippen molar-refractivity contribution in [1.29, 1.82) is 0 Å². The number of benzene rings is 2. The molecule has 158 valence electrons. The van der Waals surface area contributed by atoms with Crippen LogP contribution in [-0.2, 0) is 0 Å². The van der Waals surface area contributed by atoms with Gasteiger partial charge < -0.3 is 24.7 Å². The molecule has 30 heavy (non-hydrogen) atoms. The molecular weight excluding hydrogens is 384 g/mol. The second-order valence-electron chi connectivity index (χ2n) is 7.50. The molecule has 2 heterocycles. The number of nitrogens with two attached hydrogens (primary N) is 1. The SMILES string of the molecule is COc1c(OCCN2CCC(N)CC2)cc2oc(-c3ccccc3)cc(=O)c2c1O. The molecule has 0 bridgehead atoms. The van der Waals surface area contributed by atoms with E-state index in [1.165, 1.54) is 13.2 Å². The Morgan fingerprint density at radius 2 is 1.93 bits per heavy atom. The second kappa shape index (κ2) is 8.77. The van der Waals surface area contributed by atoms with E-state index in [0.29, 0.717) is 18.1 Å². The van der Waals surface area contributed by atoms with E-state index in [1.54, 1.807) is 6.07 Å². The van der Waals surface area contributed by atoms with Crippen molar-refractivity contribution in [3.8, 4) is 28.6 Å². The highest BCUT2D eigenvalue weighted by atomic mass is 16.5. The topological polar surface area (TPSA) is 98.2 Å². The molecule has 0 atom stereocenters. The molecule has 7 heteroatoms. The first-order chi connectivity index (χ1) is 14.6. The van der Waals surface area contributed by atoms with Gasteiger partial charge in [0.15, 0.2) is 16.9 Å². The summed E-state index contributed by atoms with van der Waals surface area (Å²) in [5.74, 6) is 0.614. The molecule has 0 saturated carbocycles. The standard InChI is InChI=1S/C23H26N2O5/c1-28-23-20(29-12-11-25-9-7-16(24)8-10-25)14-19-21(22(23)27)17(26)13-18(30-19)15-5-3-2-4-6-15/h2-6,13-14,16,27H,7-12,24H2,1H3. The van der Waals surface area contributed by atoms with Gasteiger partial charge in [-0.3, -0.25) is 9.69 Å². The molecule has 1 aliphatic heterocycles. The van der Waals surface area contributed by atoms with E-state index in [1.807, 2.05) is 30.3 Å². The lowest BCUT2D eigenvalue weighted by atomic mass is 10.1. The van der Waals surface area contributed by atoms with Crippen LogP contribution in [0.3, 0.4) is 0 Å². The van der Waals surface area contributed by atoms with Crippen LogP contribution >= 0.6 is 0 Å². The predicted molar refractivity (Wildman–Crippen MR) is 115 cm³/mol. The number of rotatable bonds is 6. The van der Waals surface area contributed by atoms with Gasteiger partial charge in [-0.05, 0) is 25.9 Å². The average Bonchev–Trinajstić information content (AvgIpc) is 2.75. The summed E-state index contributed by atoms with van der Waals surface area (Å²) in [5, 5.41) is 10.7. The Kier molecular flexibility index (Phi) is 5.92. The summed E-state index contributed by atoms with van der Waals surface area (Å²) in [6, 6.07) is 12.6. The second-order valence-corrected chi connectivity index (χ2v) is 7.50. The number of piperidine rings is 1. The van der Waals surface area contributed by atoms with E-state index < -0.39 is 0 Å². The van der Waals surface area contributed by atoms with E-state index in [9.17, 15) is 9.90 Å². The van der Waals surface area contributed by atoms with Gasteiger partial charge in [-0.2, -0.15) is 0 Å². The third-order valence-corrected chi connectivity index (χ3v) is 5.47. The summed E-state index contributed by atoms with van der Waals surface area (Å²) < 4.78 is 17.2. The lowest BCUT2D eigenvalue weighted by Crippen LogP contribution is -2.41. The zero-order valence-electron chi connectivity index (χ0n) is 17.0. The van der Waals surface area contributed by atoms with Crippen molar-refractivity contribution in [3.05, 3.63) is 52.7 Å². The van der Waals surface area contributed by atoms with Crippen LogP contribution in [0.4, 0.5) is 0 Å². The van der Waals surface area contributed by atoms with Gasteiger partial charge in [0.2, 0.25) is 5.75 Å². The van der Waals surface area contributed by atoms with Crippen LogP contribution in [0.2, 0.25) is 0 Å². The average molecular weight is 410 g/mol. The highest BCUT2D eigenvalue weighted by molar-refractivity contribution is 5.89. The van der Waals surface area contributed by atoms with Crippen LogP contribution in [0.25, 0.3) is 22.3 Å². The Hall–Kier alpha value is -3.03. The van der Waals surface area contributed by atoms with Crippen LogP contribution in [0, 0.1) is 0 Å². The lowest BCUT2D eigenvalue weighted by molar-refractivity contribution is 0.171. The van der Waals surface area contributed by atoms with Gasteiger partial charge in [0, 0.05) is 30.3 Å². The number of phenolic OH excluding ortho intramolecular Hbond substituents is 1. The van der Waals surface area contributed by atoms with E-state index in [-0.39, 0.29) is 33.9 Å². The van der Waals surface area contributed by atoms with Gasteiger partial charge in [-0.1, -0.05) is 30.3 Å². The maximum absolute atomic E-state index is 12.7. The van der Waals surface area contributed by atoms with Crippen LogP contribution in [0.1, 0.15) is 12.8 Å². The molecule has 0 amide bonds. The molecule has 1 fully saturated rings. The Morgan fingerprint density at radius 1 is 1.20 bits per heavy atom. The molecule has 1 saturated heterocycles. The maximum atomic E-state index is 12.7. The van der Waals surface area contributed by atoms with E-state index in [4.69, 9.17) is 19.6 Å². The van der Waals surface area contributed by atoms with Crippen molar-refractivity contribution in [2.45, 2.75) is 18.9 Å². The minimum absolute atomic E-state index is 0.0731. The van der Waals surface area contributed by atoms with Crippen LogP contribution in [-0.4, -0.2) is 49.4 Å². The quantitative estimate of drug-likeness (QED) is 0.645. The van der Waals surface area contributed by atoms with Crippen molar-refractivity contribution < 1.29 is 19.0 Å². The third kappa shape index (κ3) is 4.13. The number of hydrogen-bond acceptors (Lipinski definition) is 7. The van der Waals surface area contributed by atoms with Gasteiger partial charge in [0.1, 0.15) is 23.3 Å². The Balaban J connectivity index is 1.62. The zero-order chi connectivity index (χ0) is 21.1. The molecular formula is C23H26N2O5. The Morgan fingerprint density at radius 3 is 2.63 bits per heavy atom. The van der Waals surface area contributed by atoms with E-state index in [0.717, 1.165) is 38.0 Å². The third-order valence-electron chi connectivity index (χ3n) is 5.47. The number of ether oxygens (including phenoxy) is 2. The molecule has 1 aliphatic rings. The summed E-state index contributed by atoms with van der Waals surface area (Å²) in [6.07, 6.45) is 1.96. The highest BCUT2D eigenvalue weighted by Crippen LogP contribution is 2.42. The first-order valence-electron chi connectivity index (χ1n) is 10.1. The molecule has 2 aromatic carbocycles. The predicted octanol–water partition coefficient (Wildman–Crippen LogP) is 2.98. The smallest absolute Gasteiger partial charge is 0.204 e. The zero-order valence-corrected chi connectivity index (χ0v) is 17.0. The van der Waals surface area contributed by atoms with E-state index >= 15 is 0 Å². The first kappa shape index (κ1) is 20.3. The van der Waals surface area contributed by atoms with Gasteiger partial charge >= 0.3 is 0 Å². The van der Waals surface area contributed by atoms with Crippen LogP contribution in [0.5, 0.6) is 17.2 Å². The normalized spacial score (nSPS) is 15.4. The number of likely N-dealkylation sites (tertiary alicyclic amines) is 1. The minimum atomic E-state index is -0.345. The van der Waals surface area contributed by atoms with Crippen LogP contribution in [0.15, 0.2) is 51.7 Å². The van der Waals surface area contributed by atoms with Crippen LogP contribution < -0.4 is 20.6 Å². The fourth-order valence-electron chi connectivity index (χ4n) is 3.77. The number of fused-ring (bicyclic) bond motifs is 1. The van der Waals surface area contributed by atoms with Crippen molar-refractivity contribution >= 4 is 11.0 Å². The van der Waals surface area contributed by atoms with Gasteiger partial charge in [0.25, 0.3) is 0 Å². The summed E-state index contributed by atoms with van der Waals surface area (Å²) in [7, 11) is 1.43. The van der Waals surface area contributed by atoms with Gasteiger partial charge in [0.05, 0.1) is 7.11 Å². The number of hydrogen-bond donors (Lipinski definition) is 2. The molecule has 4 rings (SSSR count). The summed E-state index contributed by atoms with van der Waals surface area (Å²) in [4.78, 5) is 15.0. The molecule has 0 aliphatic carbocycles. The number of aromatic hydroxyl groups is 1. The molecule has 3 N–H and O–H groups in total. The summed E-state index contributed by atoms with van der Waals surface area (Å²) in [6.45, 7) is 3.04. The molecule has 3 aromatic rings. The molecule has 0 unspecified atom stereocenters. The van der Waals surface area contributed by atoms with Gasteiger partial charge in [-0.25, -0.2) is 0 Å².